The average Bonchev–Trinajstić information content (AvgIpc) is 2.54. The van der Waals surface area contributed by atoms with Gasteiger partial charge < -0.3 is 10.0 Å². The van der Waals surface area contributed by atoms with Gasteiger partial charge in [0.25, 0.3) is 5.91 Å². The molecule has 106 valence electrons. The minimum absolute atomic E-state index is 0.0366. The molecule has 0 atom stereocenters. The zero-order valence-corrected chi connectivity index (χ0v) is 10.2. The number of alkyl halides is 3. The number of carbonyl (C=O) groups excluding carboxylic acids is 1. The lowest BCUT2D eigenvalue weighted by Crippen LogP contribution is -2.42. The van der Waals surface area contributed by atoms with Gasteiger partial charge in [-0.25, -0.2) is 0 Å². The van der Waals surface area contributed by atoms with Crippen LogP contribution in [0.3, 0.4) is 0 Å². The number of carboxylic acids is 1. The number of hydrogen-bond acceptors (Lipinski definition) is 3. The number of aromatic nitrogens is 2. The smallest absolute Gasteiger partial charge is 0.406 e. The van der Waals surface area contributed by atoms with E-state index in [1.807, 2.05) is 0 Å². The Labute approximate surface area is 106 Å². The monoisotopic (exact) mass is 279 g/mol. The summed E-state index contributed by atoms with van der Waals surface area (Å²) in [7, 11) is 0. The number of carbonyl (C=O) groups is 2. The van der Waals surface area contributed by atoms with E-state index in [4.69, 9.17) is 5.11 Å². The predicted octanol–water partition coefficient (Wildman–Crippen LogP) is 1.12. The quantitative estimate of drug-likeness (QED) is 0.864. The topological polar surface area (TPSA) is 86.3 Å². The van der Waals surface area contributed by atoms with Gasteiger partial charge in [0.2, 0.25) is 0 Å². The number of hydrogen-bond donors (Lipinski definition) is 2. The van der Waals surface area contributed by atoms with Crippen LogP contribution < -0.4 is 0 Å². The number of carboxylic acid groups (broad SMARTS) is 1. The summed E-state index contributed by atoms with van der Waals surface area (Å²) >= 11 is 0. The highest BCUT2D eigenvalue weighted by Crippen LogP contribution is 2.19. The van der Waals surface area contributed by atoms with E-state index in [1.165, 1.54) is 13.8 Å². The molecule has 0 fully saturated rings. The number of halogens is 3. The second-order valence-electron chi connectivity index (χ2n) is 3.98. The molecule has 19 heavy (non-hydrogen) atoms. The Bertz CT molecular complexity index is 476. The van der Waals surface area contributed by atoms with Crippen molar-refractivity contribution in [3.05, 3.63) is 17.0 Å². The number of rotatable bonds is 4. The van der Waals surface area contributed by atoms with Crippen molar-refractivity contribution in [1.29, 1.82) is 0 Å². The Kier molecular flexibility index (Phi) is 4.17. The first kappa shape index (κ1) is 15.0. The van der Waals surface area contributed by atoms with Crippen LogP contribution in [-0.4, -0.2) is 51.3 Å². The van der Waals surface area contributed by atoms with Crippen molar-refractivity contribution in [1.82, 2.24) is 15.1 Å². The van der Waals surface area contributed by atoms with Gasteiger partial charge >= 0.3 is 12.1 Å². The molecule has 0 aliphatic carbocycles. The third-order valence-corrected chi connectivity index (χ3v) is 2.33. The zero-order chi connectivity index (χ0) is 14.8. The van der Waals surface area contributed by atoms with E-state index in [2.05, 4.69) is 10.2 Å². The standard InChI is InChI=1S/C10H12F3N3O3/c1-5-8(6(2)15-14-5)9(19)16(3-7(17)18)4-10(11,12)13/h3-4H2,1-2H3,(H,14,15)(H,17,18). The first-order chi connectivity index (χ1) is 8.61. The summed E-state index contributed by atoms with van der Waals surface area (Å²) in [6.07, 6.45) is -4.67. The molecule has 0 spiro atoms. The van der Waals surface area contributed by atoms with Crippen molar-refractivity contribution in [2.75, 3.05) is 13.1 Å². The molecule has 0 saturated heterocycles. The van der Waals surface area contributed by atoms with Crippen molar-refractivity contribution in [3.8, 4) is 0 Å². The lowest BCUT2D eigenvalue weighted by molar-refractivity contribution is -0.149. The fourth-order valence-electron chi connectivity index (χ4n) is 1.60. The summed E-state index contributed by atoms with van der Waals surface area (Å²) in [5.74, 6) is -2.53. The summed E-state index contributed by atoms with van der Waals surface area (Å²) in [6.45, 7) is 0.271. The Balaban J connectivity index is 3.04. The molecule has 0 unspecified atom stereocenters. The number of aliphatic carboxylic acids is 1. The van der Waals surface area contributed by atoms with E-state index in [-0.39, 0.29) is 16.2 Å². The van der Waals surface area contributed by atoms with E-state index in [9.17, 15) is 22.8 Å². The molecule has 0 aliphatic rings. The van der Waals surface area contributed by atoms with Crippen LogP contribution in [0.2, 0.25) is 0 Å². The highest BCUT2D eigenvalue weighted by molar-refractivity contribution is 5.97. The minimum atomic E-state index is -4.67. The SMILES string of the molecule is Cc1n[nH]c(C)c1C(=O)N(CC(=O)O)CC(F)(F)F. The number of H-pyrrole nitrogens is 1. The fraction of sp³-hybridized carbons (Fsp3) is 0.500. The molecule has 1 amide bonds. The van der Waals surface area contributed by atoms with E-state index in [0.29, 0.717) is 5.69 Å². The minimum Gasteiger partial charge on any atom is -0.480 e. The summed E-state index contributed by atoms with van der Waals surface area (Å²) in [5.41, 5.74) is 0.477. The fourth-order valence-corrected chi connectivity index (χ4v) is 1.60. The Morgan fingerprint density at radius 3 is 2.32 bits per heavy atom. The number of nitrogens with one attached hydrogen (secondary N) is 1. The van der Waals surface area contributed by atoms with Crippen LogP contribution in [0.1, 0.15) is 21.7 Å². The lowest BCUT2D eigenvalue weighted by Gasteiger charge is -2.22. The highest BCUT2D eigenvalue weighted by Gasteiger charge is 2.35. The van der Waals surface area contributed by atoms with Crippen molar-refractivity contribution in [2.45, 2.75) is 20.0 Å². The molecule has 1 heterocycles. The maximum absolute atomic E-state index is 12.3. The number of amides is 1. The molecule has 2 N–H and O–H groups in total. The van der Waals surface area contributed by atoms with Gasteiger partial charge in [0, 0.05) is 5.69 Å². The van der Waals surface area contributed by atoms with Crippen molar-refractivity contribution >= 4 is 11.9 Å². The summed E-state index contributed by atoms with van der Waals surface area (Å²) < 4.78 is 37.0. The van der Waals surface area contributed by atoms with Gasteiger partial charge in [0.1, 0.15) is 13.1 Å². The molecule has 1 rings (SSSR count). The molecule has 6 nitrogen and oxygen atoms in total. The third-order valence-electron chi connectivity index (χ3n) is 2.33. The molecule has 1 aromatic heterocycles. The van der Waals surface area contributed by atoms with Gasteiger partial charge in [0.05, 0.1) is 11.3 Å². The zero-order valence-electron chi connectivity index (χ0n) is 10.2. The molecule has 0 bridgehead atoms. The Morgan fingerprint density at radius 1 is 1.37 bits per heavy atom. The molecule has 0 radical (unpaired) electrons. The first-order valence-corrected chi connectivity index (χ1v) is 5.21. The summed E-state index contributed by atoms with van der Waals surface area (Å²) in [4.78, 5) is 22.7. The van der Waals surface area contributed by atoms with Crippen LogP contribution in [-0.2, 0) is 4.79 Å². The summed E-state index contributed by atoms with van der Waals surface area (Å²) in [5, 5.41) is 14.7. The normalized spacial score (nSPS) is 11.4. The Morgan fingerprint density at radius 2 is 1.95 bits per heavy atom. The van der Waals surface area contributed by atoms with E-state index >= 15 is 0 Å². The van der Waals surface area contributed by atoms with Crippen molar-refractivity contribution in [2.24, 2.45) is 0 Å². The van der Waals surface area contributed by atoms with E-state index in [0.717, 1.165) is 0 Å². The van der Waals surface area contributed by atoms with Gasteiger partial charge in [0.15, 0.2) is 0 Å². The van der Waals surface area contributed by atoms with Crippen LogP contribution in [0.15, 0.2) is 0 Å². The van der Waals surface area contributed by atoms with Crippen LogP contribution in [0, 0.1) is 13.8 Å². The Hall–Kier alpha value is -2.06. The molecule has 0 saturated carbocycles. The summed E-state index contributed by atoms with van der Waals surface area (Å²) in [6, 6.07) is 0. The number of aromatic amines is 1. The van der Waals surface area contributed by atoms with Gasteiger partial charge in [-0.1, -0.05) is 0 Å². The van der Waals surface area contributed by atoms with Gasteiger partial charge in [-0.3, -0.25) is 14.7 Å². The number of nitrogens with zero attached hydrogens (tertiary/aromatic N) is 2. The van der Waals surface area contributed by atoms with Gasteiger partial charge in [-0.15, -0.1) is 0 Å². The molecular weight excluding hydrogens is 267 g/mol. The van der Waals surface area contributed by atoms with E-state index < -0.39 is 31.1 Å². The third kappa shape index (κ3) is 3.97. The van der Waals surface area contributed by atoms with E-state index in [1.54, 1.807) is 0 Å². The highest BCUT2D eigenvalue weighted by atomic mass is 19.4. The molecule has 9 heteroatoms. The molecule has 0 aliphatic heterocycles. The average molecular weight is 279 g/mol. The van der Waals surface area contributed by atoms with Crippen molar-refractivity contribution < 1.29 is 27.9 Å². The predicted molar refractivity (Wildman–Crippen MR) is 57.7 cm³/mol. The second-order valence-corrected chi connectivity index (χ2v) is 3.98. The largest absolute Gasteiger partial charge is 0.480 e. The molecule has 0 aromatic carbocycles. The van der Waals surface area contributed by atoms with Crippen LogP contribution in [0.4, 0.5) is 13.2 Å². The van der Waals surface area contributed by atoms with Crippen LogP contribution >= 0.6 is 0 Å². The lowest BCUT2D eigenvalue weighted by atomic mass is 10.1. The first-order valence-electron chi connectivity index (χ1n) is 5.21. The molecule has 1 aromatic rings. The molecular formula is C10H12F3N3O3. The van der Waals surface area contributed by atoms with Crippen LogP contribution in [0.25, 0.3) is 0 Å². The van der Waals surface area contributed by atoms with Gasteiger partial charge in [-0.2, -0.15) is 18.3 Å². The van der Waals surface area contributed by atoms with Crippen LogP contribution in [0.5, 0.6) is 0 Å². The van der Waals surface area contributed by atoms with Crippen molar-refractivity contribution in [3.63, 3.8) is 0 Å². The second kappa shape index (κ2) is 5.29. The maximum atomic E-state index is 12.3. The number of aryl methyl sites for hydroxylation is 2. The maximum Gasteiger partial charge on any atom is 0.406 e. The van der Waals surface area contributed by atoms with Gasteiger partial charge in [-0.05, 0) is 13.8 Å².